The van der Waals surface area contributed by atoms with Gasteiger partial charge in [0.1, 0.15) is 17.9 Å². The van der Waals surface area contributed by atoms with Crippen molar-refractivity contribution in [1.29, 1.82) is 0 Å². The van der Waals surface area contributed by atoms with Crippen molar-refractivity contribution in [3.05, 3.63) is 17.0 Å². The first-order valence-corrected chi connectivity index (χ1v) is 5.23. The first-order valence-electron chi connectivity index (χ1n) is 5.23. The second-order valence-corrected chi connectivity index (χ2v) is 4.31. The number of hydrogen-bond acceptors (Lipinski definition) is 2. The predicted octanol–water partition coefficient (Wildman–Crippen LogP) is 2.50. The van der Waals surface area contributed by atoms with Gasteiger partial charge in [-0.25, -0.2) is 8.78 Å². The van der Waals surface area contributed by atoms with E-state index in [4.69, 9.17) is 5.11 Å². The maximum atomic E-state index is 13.7. The Morgan fingerprint density at radius 3 is 2.72 bits per heavy atom. The number of nitrogens with zero attached hydrogens (tertiary/aromatic N) is 2. The molecule has 0 saturated heterocycles. The molecule has 1 aliphatic rings. The maximum absolute atomic E-state index is 13.7. The highest BCUT2D eigenvalue weighted by Crippen LogP contribution is 2.50. The Kier molecular flexibility index (Phi) is 2.83. The summed E-state index contributed by atoms with van der Waals surface area (Å²) < 4.78 is 53.3. The van der Waals surface area contributed by atoms with Gasteiger partial charge in [0.25, 0.3) is 12.3 Å². The van der Waals surface area contributed by atoms with E-state index >= 15 is 0 Å². The van der Waals surface area contributed by atoms with Crippen molar-refractivity contribution >= 4 is 5.97 Å². The molecule has 100 valence electrons. The normalized spacial score (nSPS) is 21.3. The molecule has 1 aromatic rings. The summed E-state index contributed by atoms with van der Waals surface area (Å²) in [5.41, 5.74) is -1.64. The highest BCUT2D eigenvalue weighted by molar-refractivity contribution is 5.66. The molecule has 0 saturated carbocycles. The Labute approximate surface area is 99.2 Å². The summed E-state index contributed by atoms with van der Waals surface area (Å²) in [6.45, 7) is 0.551. The molecule has 1 atom stereocenters. The standard InChI is InChI=1S/C10H10F4N2O2/c1-4-2-10(13,14)8-6(4)7(9(11)12)15-16(8)3-5(17)18/h4,9H,2-3H2,1H3,(H,17,18)/t4-/m0/s1. The number of carboxylic acid groups (broad SMARTS) is 1. The fourth-order valence-corrected chi connectivity index (χ4v) is 2.35. The van der Waals surface area contributed by atoms with Crippen LogP contribution >= 0.6 is 0 Å². The Morgan fingerprint density at radius 1 is 1.61 bits per heavy atom. The molecule has 0 amide bonds. The second kappa shape index (κ2) is 3.96. The van der Waals surface area contributed by atoms with Crippen LogP contribution in [-0.2, 0) is 17.3 Å². The molecule has 0 aromatic carbocycles. The monoisotopic (exact) mass is 266 g/mol. The van der Waals surface area contributed by atoms with Crippen molar-refractivity contribution in [2.24, 2.45) is 0 Å². The van der Waals surface area contributed by atoms with Crippen molar-refractivity contribution in [3.8, 4) is 0 Å². The van der Waals surface area contributed by atoms with E-state index in [0.29, 0.717) is 4.68 Å². The van der Waals surface area contributed by atoms with Gasteiger partial charge in [-0.2, -0.15) is 13.9 Å². The summed E-state index contributed by atoms with van der Waals surface area (Å²) in [4.78, 5) is 10.5. The summed E-state index contributed by atoms with van der Waals surface area (Å²) >= 11 is 0. The van der Waals surface area contributed by atoms with E-state index < -0.39 is 48.6 Å². The first-order chi connectivity index (χ1) is 8.24. The van der Waals surface area contributed by atoms with Crippen LogP contribution in [0.5, 0.6) is 0 Å². The zero-order valence-electron chi connectivity index (χ0n) is 9.33. The third kappa shape index (κ3) is 1.85. The summed E-state index contributed by atoms with van der Waals surface area (Å²) in [6, 6.07) is 0. The topological polar surface area (TPSA) is 55.1 Å². The predicted molar refractivity (Wildman–Crippen MR) is 51.7 cm³/mol. The summed E-state index contributed by atoms with van der Waals surface area (Å²) in [5.74, 6) is -5.48. The largest absolute Gasteiger partial charge is 0.480 e. The molecular formula is C10H10F4N2O2. The number of alkyl halides is 4. The van der Waals surface area contributed by atoms with E-state index in [1.165, 1.54) is 6.92 Å². The van der Waals surface area contributed by atoms with Gasteiger partial charge in [0.05, 0.1) is 0 Å². The number of carbonyl (C=O) groups is 1. The van der Waals surface area contributed by atoms with Crippen LogP contribution in [0.25, 0.3) is 0 Å². The Morgan fingerprint density at radius 2 is 2.22 bits per heavy atom. The molecule has 8 heteroatoms. The van der Waals surface area contributed by atoms with E-state index in [-0.39, 0.29) is 5.56 Å². The van der Waals surface area contributed by atoms with Gasteiger partial charge >= 0.3 is 5.97 Å². The van der Waals surface area contributed by atoms with Crippen molar-refractivity contribution < 1.29 is 27.5 Å². The molecule has 18 heavy (non-hydrogen) atoms. The molecule has 1 aliphatic carbocycles. The minimum absolute atomic E-state index is 0.212. The highest BCUT2D eigenvalue weighted by Gasteiger charge is 2.49. The van der Waals surface area contributed by atoms with E-state index in [0.717, 1.165) is 0 Å². The van der Waals surface area contributed by atoms with Gasteiger partial charge in [0.15, 0.2) is 0 Å². The number of fused-ring (bicyclic) bond motifs is 1. The molecule has 4 nitrogen and oxygen atoms in total. The highest BCUT2D eigenvalue weighted by atomic mass is 19.3. The van der Waals surface area contributed by atoms with Crippen LogP contribution in [0.4, 0.5) is 17.6 Å². The molecule has 1 aromatic heterocycles. The molecule has 0 unspecified atom stereocenters. The van der Waals surface area contributed by atoms with Crippen molar-refractivity contribution in [2.45, 2.75) is 38.2 Å². The van der Waals surface area contributed by atoms with Crippen LogP contribution < -0.4 is 0 Å². The van der Waals surface area contributed by atoms with Gasteiger partial charge in [0, 0.05) is 12.0 Å². The zero-order chi connectivity index (χ0) is 13.7. The third-order valence-corrected chi connectivity index (χ3v) is 2.91. The molecule has 0 spiro atoms. The van der Waals surface area contributed by atoms with Crippen molar-refractivity contribution in [2.75, 3.05) is 0 Å². The molecule has 0 bridgehead atoms. The lowest BCUT2D eigenvalue weighted by atomic mass is 10.0. The summed E-state index contributed by atoms with van der Waals surface area (Å²) in [6.07, 6.45) is -3.59. The summed E-state index contributed by atoms with van der Waals surface area (Å²) in [7, 11) is 0. The van der Waals surface area contributed by atoms with Crippen LogP contribution in [0, 0.1) is 0 Å². The Hall–Kier alpha value is -1.60. The molecule has 1 N–H and O–H groups in total. The molecule has 0 aliphatic heterocycles. The molecule has 1 heterocycles. The van der Waals surface area contributed by atoms with E-state index in [2.05, 4.69) is 5.10 Å². The number of rotatable bonds is 3. The van der Waals surface area contributed by atoms with Crippen molar-refractivity contribution in [3.63, 3.8) is 0 Å². The van der Waals surface area contributed by atoms with Gasteiger partial charge < -0.3 is 5.11 Å². The lowest BCUT2D eigenvalue weighted by Crippen LogP contribution is -2.20. The Balaban J connectivity index is 2.61. The van der Waals surface area contributed by atoms with Crippen LogP contribution in [-0.4, -0.2) is 20.9 Å². The quantitative estimate of drug-likeness (QED) is 0.855. The first kappa shape index (κ1) is 12.8. The van der Waals surface area contributed by atoms with Gasteiger partial charge in [-0.3, -0.25) is 9.48 Å². The van der Waals surface area contributed by atoms with Crippen LogP contribution in [0.15, 0.2) is 0 Å². The smallest absolute Gasteiger partial charge is 0.325 e. The minimum atomic E-state index is -3.32. The van der Waals surface area contributed by atoms with E-state index in [1.807, 2.05) is 0 Å². The van der Waals surface area contributed by atoms with Gasteiger partial charge in [-0.1, -0.05) is 6.92 Å². The molecular weight excluding hydrogens is 256 g/mol. The Bertz CT molecular complexity index is 498. The lowest BCUT2D eigenvalue weighted by molar-refractivity contribution is -0.138. The molecule has 2 rings (SSSR count). The maximum Gasteiger partial charge on any atom is 0.325 e. The summed E-state index contributed by atoms with van der Waals surface area (Å²) in [5, 5.41) is 11.9. The van der Waals surface area contributed by atoms with Crippen LogP contribution in [0.3, 0.4) is 0 Å². The zero-order valence-corrected chi connectivity index (χ0v) is 9.33. The fraction of sp³-hybridized carbons (Fsp3) is 0.600. The minimum Gasteiger partial charge on any atom is -0.480 e. The van der Waals surface area contributed by atoms with Crippen molar-refractivity contribution in [1.82, 2.24) is 9.78 Å². The molecule has 0 radical (unpaired) electrons. The fourth-order valence-electron chi connectivity index (χ4n) is 2.35. The van der Waals surface area contributed by atoms with Crippen LogP contribution in [0.2, 0.25) is 0 Å². The van der Waals surface area contributed by atoms with Gasteiger partial charge in [0.2, 0.25) is 0 Å². The lowest BCUT2D eigenvalue weighted by Gasteiger charge is -2.12. The van der Waals surface area contributed by atoms with Gasteiger partial charge in [-0.05, 0) is 5.92 Å². The number of hydrogen-bond donors (Lipinski definition) is 1. The number of carboxylic acids is 1. The van der Waals surface area contributed by atoms with E-state index in [9.17, 15) is 22.4 Å². The number of aliphatic carboxylic acids is 1. The molecule has 0 fully saturated rings. The van der Waals surface area contributed by atoms with E-state index in [1.54, 1.807) is 0 Å². The number of halogens is 4. The number of aromatic nitrogens is 2. The van der Waals surface area contributed by atoms with Gasteiger partial charge in [-0.15, -0.1) is 0 Å². The average Bonchev–Trinajstić information content (AvgIpc) is 2.65. The average molecular weight is 266 g/mol. The van der Waals surface area contributed by atoms with Crippen LogP contribution in [0.1, 0.15) is 42.6 Å². The third-order valence-electron chi connectivity index (χ3n) is 2.91. The second-order valence-electron chi connectivity index (χ2n) is 4.31. The SMILES string of the molecule is C[C@H]1CC(F)(F)c2c1c(C(F)F)nn2CC(=O)O.